The van der Waals surface area contributed by atoms with E-state index in [1.165, 1.54) is 5.57 Å². The molecule has 2 N–H and O–H groups in total. The first-order chi connectivity index (χ1) is 17.5. The van der Waals surface area contributed by atoms with Gasteiger partial charge < -0.3 is 19.8 Å². The highest BCUT2D eigenvalue weighted by molar-refractivity contribution is 5.87. The summed E-state index contributed by atoms with van der Waals surface area (Å²) in [6.45, 7) is 2.23. The maximum absolute atomic E-state index is 17.2. The second kappa shape index (κ2) is 7.38. The molecule has 0 radical (unpaired) electrons. The molecule has 2 saturated heterocycles. The van der Waals surface area contributed by atoms with Crippen LogP contribution in [0.3, 0.4) is 0 Å². The Morgan fingerprint density at radius 2 is 1.86 bits per heavy atom. The third-order valence-electron chi connectivity index (χ3n) is 11.2. The number of aliphatic hydroxyl groups is 2. The Morgan fingerprint density at radius 3 is 2.65 bits per heavy atom. The van der Waals surface area contributed by atoms with Crippen LogP contribution in [0.2, 0.25) is 0 Å². The molecule has 2 spiro atoms. The van der Waals surface area contributed by atoms with E-state index in [9.17, 15) is 10.2 Å². The Kier molecular flexibility index (Phi) is 4.81. The van der Waals surface area contributed by atoms with Crippen molar-refractivity contribution >= 4 is 16.3 Å². The van der Waals surface area contributed by atoms with Crippen LogP contribution < -0.4 is 0 Å². The number of alkyl halides is 2. The fourth-order valence-electron chi connectivity index (χ4n) is 9.22. The maximum atomic E-state index is 17.2. The molecule has 37 heavy (non-hydrogen) atoms. The van der Waals surface area contributed by atoms with E-state index in [1.807, 2.05) is 31.3 Å². The molecule has 1 aromatic heterocycles. The molecule has 9 atom stereocenters. The average Bonchev–Trinajstić information content (AvgIpc) is 3.42. The SMILES string of the molecule is CN(C)[C@H]1C[C@@]23CC[C@]4(O2)C2CC=C(c5ccc6cnccc6c5)[C@@]2(C)CCC4(F)CC3(F)[C@@H](O)[C@@H]1O. The Hall–Kier alpha value is -1.93. The molecule has 7 heteroatoms. The molecule has 2 aliphatic heterocycles. The Balaban J connectivity index is 1.29. The minimum absolute atomic E-state index is 0.118. The normalized spacial score (nSPS) is 48.5. The van der Waals surface area contributed by atoms with Crippen molar-refractivity contribution in [3.05, 3.63) is 48.3 Å². The predicted molar refractivity (Wildman–Crippen MR) is 137 cm³/mol. The van der Waals surface area contributed by atoms with Gasteiger partial charge in [-0.05, 0) is 86.7 Å². The van der Waals surface area contributed by atoms with Gasteiger partial charge in [0.1, 0.15) is 23.0 Å². The van der Waals surface area contributed by atoms with Gasteiger partial charge in [-0.15, -0.1) is 0 Å². The fourth-order valence-corrected chi connectivity index (χ4v) is 9.22. The molecule has 3 heterocycles. The number of hydrogen-bond acceptors (Lipinski definition) is 5. The van der Waals surface area contributed by atoms with Crippen LogP contribution in [-0.4, -0.2) is 75.0 Å². The fraction of sp³-hybridized carbons (Fsp3) is 0.633. The van der Waals surface area contributed by atoms with E-state index in [-0.39, 0.29) is 24.2 Å². The Bertz CT molecular complexity index is 1320. The highest BCUT2D eigenvalue weighted by Crippen LogP contribution is 2.74. The largest absolute Gasteiger partial charge is 0.389 e. The Labute approximate surface area is 216 Å². The van der Waals surface area contributed by atoms with E-state index in [1.54, 1.807) is 6.20 Å². The van der Waals surface area contributed by atoms with Crippen LogP contribution in [0.4, 0.5) is 8.78 Å². The third-order valence-corrected chi connectivity index (χ3v) is 11.2. The molecule has 2 aromatic rings. The minimum atomic E-state index is -2.32. The van der Waals surface area contributed by atoms with E-state index in [0.717, 1.165) is 16.3 Å². The van der Waals surface area contributed by atoms with Crippen LogP contribution in [0, 0.1) is 11.3 Å². The molecule has 0 amide bonds. The lowest BCUT2D eigenvalue weighted by atomic mass is 9.51. The predicted octanol–water partition coefficient (Wildman–Crippen LogP) is 4.60. The monoisotopic (exact) mass is 510 g/mol. The summed E-state index contributed by atoms with van der Waals surface area (Å²) >= 11 is 0. The molecule has 198 valence electrons. The summed E-state index contributed by atoms with van der Waals surface area (Å²) in [5, 5.41) is 24.1. The molecule has 4 fully saturated rings. The zero-order valence-electron chi connectivity index (χ0n) is 21.8. The number of rotatable bonds is 2. The number of aliphatic hydroxyl groups excluding tert-OH is 2. The Morgan fingerprint density at radius 1 is 1.05 bits per heavy atom. The second-order valence-electron chi connectivity index (χ2n) is 12.9. The van der Waals surface area contributed by atoms with Crippen molar-refractivity contribution in [2.45, 2.75) is 92.7 Å². The quantitative estimate of drug-likeness (QED) is 0.618. The van der Waals surface area contributed by atoms with Crippen molar-refractivity contribution in [2.75, 3.05) is 14.1 Å². The highest BCUT2D eigenvalue weighted by Gasteiger charge is 2.82. The van der Waals surface area contributed by atoms with Gasteiger partial charge in [-0.2, -0.15) is 0 Å². The topological polar surface area (TPSA) is 65.8 Å². The van der Waals surface area contributed by atoms with Gasteiger partial charge in [0.15, 0.2) is 5.67 Å². The van der Waals surface area contributed by atoms with Gasteiger partial charge in [-0.25, -0.2) is 8.78 Å². The summed E-state index contributed by atoms with van der Waals surface area (Å²) in [4.78, 5) is 6.04. The number of ether oxygens (including phenoxy) is 1. The van der Waals surface area contributed by atoms with Crippen molar-refractivity contribution in [3.8, 4) is 0 Å². The first-order valence-corrected chi connectivity index (χ1v) is 13.6. The van der Waals surface area contributed by atoms with Crippen LogP contribution in [0.5, 0.6) is 0 Å². The second-order valence-corrected chi connectivity index (χ2v) is 12.9. The highest BCUT2D eigenvalue weighted by atomic mass is 19.2. The average molecular weight is 511 g/mol. The number of nitrogens with zero attached hydrogens (tertiary/aromatic N) is 2. The smallest absolute Gasteiger partial charge is 0.171 e. The zero-order valence-corrected chi connectivity index (χ0v) is 21.8. The van der Waals surface area contributed by atoms with Gasteiger partial charge >= 0.3 is 0 Å². The molecular formula is C30H36F2N2O3. The number of likely N-dealkylation sites (N-methyl/N-ethyl adjacent to an activating group) is 1. The number of halogens is 2. The number of pyridine rings is 1. The van der Waals surface area contributed by atoms with Crippen molar-refractivity contribution in [2.24, 2.45) is 11.3 Å². The molecule has 2 saturated carbocycles. The van der Waals surface area contributed by atoms with E-state index in [2.05, 4.69) is 36.2 Å². The number of allylic oxidation sites excluding steroid dienone is 2. The van der Waals surface area contributed by atoms with Crippen LogP contribution in [0.1, 0.15) is 57.4 Å². The number of hydrogen-bond donors (Lipinski definition) is 2. The molecule has 2 bridgehead atoms. The molecule has 1 aromatic carbocycles. The number of fused-ring (bicyclic) bond motifs is 2. The van der Waals surface area contributed by atoms with Crippen molar-refractivity contribution < 1.29 is 23.7 Å². The van der Waals surface area contributed by atoms with Crippen molar-refractivity contribution in [3.63, 3.8) is 0 Å². The molecule has 5 nitrogen and oxygen atoms in total. The van der Waals surface area contributed by atoms with E-state index >= 15 is 8.78 Å². The van der Waals surface area contributed by atoms with Gasteiger partial charge in [0.25, 0.3) is 0 Å². The van der Waals surface area contributed by atoms with Gasteiger partial charge in [-0.1, -0.05) is 25.1 Å². The van der Waals surface area contributed by atoms with Crippen LogP contribution in [0.25, 0.3) is 16.3 Å². The van der Waals surface area contributed by atoms with Gasteiger partial charge in [0.2, 0.25) is 0 Å². The lowest BCUT2D eigenvalue weighted by Gasteiger charge is -2.65. The lowest BCUT2D eigenvalue weighted by molar-refractivity contribution is -0.347. The lowest BCUT2D eigenvalue weighted by Crippen LogP contribution is -2.78. The van der Waals surface area contributed by atoms with Crippen LogP contribution in [0.15, 0.2) is 42.7 Å². The summed E-state index contributed by atoms with van der Waals surface area (Å²) in [5.74, 6) is -0.118. The van der Waals surface area contributed by atoms with E-state index < -0.39 is 47.2 Å². The number of aromatic nitrogens is 1. The first-order valence-electron chi connectivity index (χ1n) is 13.6. The summed E-state index contributed by atoms with van der Waals surface area (Å²) in [6, 6.07) is 7.96. The van der Waals surface area contributed by atoms with Crippen molar-refractivity contribution in [1.82, 2.24) is 9.88 Å². The number of benzene rings is 1. The summed E-state index contributed by atoms with van der Waals surface area (Å²) < 4.78 is 41.0. The molecular weight excluding hydrogens is 474 g/mol. The summed E-state index contributed by atoms with van der Waals surface area (Å²) in [7, 11) is 3.64. The third kappa shape index (κ3) is 2.79. The maximum Gasteiger partial charge on any atom is 0.171 e. The summed E-state index contributed by atoms with van der Waals surface area (Å²) in [6.07, 6.45) is 5.00. The molecule has 3 unspecified atom stereocenters. The van der Waals surface area contributed by atoms with E-state index in [4.69, 9.17) is 4.74 Å². The first kappa shape index (κ1) is 24.1. The molecule has 5 aliphatic rings. The van der Waals surface area contributed by atoms with E-state index in [0.29, 0.717) is 25.7 Å². The molecule has 3 aliphatic carbocycles. The van der Waals surface area contributed by atoms with Crippen molar-refractivity contribution in [1.29, 1.82) is 0 Å². The van der Waals surface area contributed by atoms with Gasteiger partial charge in [0.05, 0.1) is 6.10 Å². The van der Waals surface area contributed by atoms with Gasteiger partial charge in [-0.3, -0.25) is 4.98 Å². The zero-order chi connectivity index (χ0) is 26.0. The standard InChI is InChI=1S/C30H36F2N2O3/c1-26-9-10-27(31)17-29(32)25(36)24(35)22(34(2)3)15-28(29)11-12-30(27,37-28)23(26)7-6-21(26)19-4-5-20-16-33-13-8-18(20)14-19/h4-6,8,13-14,16,22-25,35-36H,7,9-12,15,17H2,1-3H3/t22-,23?,24+,25-,26+,27?,28+,29?,30-/m0/s1. The minimum Gasteiger partial charge on any atom is -0.389 e. The van der Waals surface area contributed by atoms with Crippen LogP contribution in [-0.2, 0) is 4.74 Å². The summed E-state index contributed by atoms with van der Waals surface area (Å²) in [5.41, 5.74) is -4.55. The van der Waals surface area contributed by atoms with Gasteiger partial charge in [0, 0.05) is 36.2 Å². The molecule has 7 rings (SSSR count). The van der Waals surface area contributed by atoms with Crippen LogP contribution >= 0.6 is 0 Å².